The van der Waals surface area contributed by atoms with E-state index in [2.05, 4.69) is 41.5 Å². The van der Waals surface area contributed by atoms with Crippen molar-refractivity contribution in [1.29, 1.82) is 0 Å². The highest BCUT2D eigenvalue weighted by Gasteiger charge is 2.30. The first kappa shape index (κ1) is 102. The average Bonchev–Trinajstić information content (AvgIpc) is 0.910. The number of phosphoric acid groups is 2. The van der Waals surface area contributed by atoms with E-state index in [4.69, 9.17) is 37.0 Å². The number of ether oxygens (including phenoxy) is 4. The van der Waals surface area contributed by atoms with Crippen LogP contribution in [-0.4, -0.2) is 96.7 Å². The van der Waals surface area contributed by atoms with Gasteiger partial charge in [-0.05, 0) is 37.5 Å². The van der Waals surface area contributed by atoms with E-state index in [0.29, 0.717) is 25.7 Å². The summed E-state index contributed by atoms with van der Waals surface area (Å²) in [6.45, 7) is 9.68. The Kier molecular flexibility index (Phi) is 75.0. The SMILES string of the molecule is CCCCCCCCCCCCCCCCCCCCCCCCC(=O)OC[C@H](COP(=O)(O)OC[C@@H](O)COP(=O)(O)OC[C@@H](COC(=O)CCCCCCCCCC)OC(=O)CCCCCCCCCCC(C)CC)OC(=O)CCCCCCCCCCCCCCCCCCCCC(C)CC. The van der Waals surface area contributed by atoms with Crippen molar-refractivity contribution in [2.75, 3.05) is 39.6 Å². The number of carbonyl (C=O) groups is 4. The minimum atomic E-state index is -4.96. The predicted octanol–water partition coefficient (Wildman–Crippen LogP) is 25.8. The van der Waals surface area contributed by atoms with Crippen LogP contribution in [0.3, 0.4) is 0 Å². The third kappa shape index (κ3) is 75.5. The second-order valence-corrected chi connectivity index (χ2v) is 34.0. The molecule has 0 bridgehead atoms. The normalized spacial score (nSPS) is 14.4. The van der Waals surface area contributed by atoms with Crippen molar-refractivity contribution < 1.29 is 80.2 Å². The molecule has 0 aromatic carbocycles. The van der Waals surface area contributed by atoms with Gasteiger partial charge in [-0.15, -0.1) is 0 Å². The molecule has 104 heavy (non-hydrogen) atoms. The molecule has 7 atom stereocenters. The first-order chi connectivity index (χ1) is 50.4. The lowest BCUT2D eigenvalue weighted by Crippen LogP contribution is -2.30. The van der Waals surface area contributed by atoms with Gasteiger partial charge in [0.05, 0.1) is 26.4 Å². The molecule has 0 radical (unpaired) electrons. The van der Waals surface area contributed by atoms with Gasteiger partial charge in [-0.1, -0.05) is 401 Å². The van der Waals surface area contributed by atoms with E-state index in [1.165, 1.54) is 263 Å². The predicted molar refractivity (Wildman–Crippen MR) is 428 cm³/mol. The number of rotatable bonds is 84. The monoisotopic (exact) mass is 1520 g/mol. The summed E-state index contributed by atoms with van der Waals surface area (Å²) >= 11 is 0. The number of hydrogen-bond acceptors (Lipinski definition) is 15. The Balaban J connectivity index is 5.16. The molecule has 0 saturated heterocycles. The Hall–Kier alpha value is -1.94. The number of aliphatic hydroxyl groups is 1. The highest BCUT2D eigenvalue weighted by atomic mass is 31.2. The van der Waals surface area contributed by atoms with Crippen LogP contribution in [-0.2, 0) is 65.4 Å². The summed E-state index contributed by atoms with van der Waals surface area (Å²) < 4.78 is 68.7. The summed E-state index contributed by atoms with van der Waals surface area (Å²) in [6.07, 6.45) is 68.3. The number of esters is 4. The van der Waals surface area contributed by atoms with E-state index in [1.54, 1.807) is 0 Å². The third-order valence-electron chi connectivity index (χ3n) is 20.7. The third-order valence-corrected chi connectivity index (χ3v) is 22.6. The largest absolute Gasteiger partial charge is 0.472 e. The Morgan fingerprint density at radius 3 is 0.683 bits per heavy atom. The topological polar surface area (TPSA) is 237 Å². The summed E-state index contributed by atoms with van der Waals surface area (Å²) in [7, 11) is -9.92. The van der Waals surface area contributed by atoms with E-state index in [-0.39, 0.29) is 25.7 Å². The van der Waals surface area contributed by atoms with E-state index in [0.717, 1.165) is 108 Å². The van der Waals surface area contributed by atoms with Crippen LogP contribution in [0.15, 0.2) is 0 Å². The zero-order valence-electron chi connectivity index (χ0n) is 68.3. The Labute approximate surface area is 638 Å². The second kappa shape index (κ2) is 76.4. The summed E-state index contributed by atoms with van der Waals surface area (Å²) in [5, 5.41) is 10.6. The molecule has 3 N–H and O–H groups in total. The van der Waals surface area contributed by atoms with Gasteiger partial charge in [0, 0.05) is 25.7 Å². The first-order valence-corrected chi connectivity index (χ1v) is 47.1. The zero-order chi connectivity index (χ0) is 76.4. The first-order valence-electron chi connectivity index (χ1n) is 44.1. The number of aliphatic hydroxyl groups excluding tert-OH is 1. The lowest BCUT2D eigenvalue weighted by molar-refractivity contribution is -0.161. The van der Waals surface area contributed by atoms with Gasteiger partial charge in [-0.3, -0.25) is 37.3 Å². The van der Waals surface area contributed by atoms with Crippen molar-refractivity contribution in [3.8, 4) is 0 Å². The Morgan fingerprint density at radius 1 is 0.269 bits per heavy atom. The van der Waals surface area contributed by atoms with E-state index >= 15 is 0 Å². The van der Waals surface area contributed by atoms with Crippen molar-refractivity contribution in [1.82, 2.24) is 0 Å². The minimum absolute atomic E-state index is 0.105. The van der Waals surface area contributed by atoms with Crippen LogP contribution in [0.1, 0.15) is 452 Å². The molecule has 0 aromatic heterocycles. The second-order valence-electron chi connectivity index (χ2n) is 31.1. The van der Waals surface area contributed by atoms with Gasteiger partial charge in [0.15, 0.2) is 12.2 Å². The van der Waals surface area contributed by atoms with Crippen LogP contribution in [0, 0.1) is 11.8 Å². The lowest BCUT2D eigenvalue weighted by Gasteiger charge is -2.21. The molecule has 618 valence electrons. The molecule has 4 unspecified atom stereocenters. The van der Waals surface area contributed by atoms with Crippen LogP contribution >= 0.6 is 15.6 Å². The molecular formula is C85H166O17P2. The van der Waals surface area contributed by atoms with Gasteiger partial charge in [0.1, 0.15) is 19.3 Å². The van der Waals surface area contributed by atoms with Gasteiger partial charge in [0.2, 0.25) is 0 Å². The van der Waals surface area contributed by atoms with Crippen molar-refractivity contribution in [2.45, 2.75) is 471 Å². The average molecular weight is 1520 g/mol. The maximum atomic E-state index is 13.1. The maximum Gasteiger partial charge on any atom is 0.472 e. The molecule has 17 nitrogen and oxygen atoms in total. The van der Waals surface area contributed by atoms with Crippen LogP contribution < -0.4 is 0 Å². The van der Waals surface area contributed by atoms with E-state index in [9.17, 15) is 43.2 Å². The van der Waals surface area contributed by atoms with Gasteiger partial charge in [-0.25, -0.2) is 9.13 Å². The highest BCUT2D eigenvalue weighted by molar-refractivity contribution is 7.47. The molecule has 0 fully saturated rings. The van der Waals surface area contributed by atoms with Crippen molar-refractivity contribution in [3.05, 3.63) is 0 Å². The lowest BCUT2D eigenvalue weighted by atomic mass is 9.99. The quantitative estimate of drug-likeness (QED) is 0.0222. The molecule has 0 aliphatic rings. The fraction of sp³-hybridized carbons (Fsp3) is 0.953. The number of hydrogen-bond donors (Lipinski definition) is 3. The molecule has 0 heterocycles. The van der Waals surface area contributed by atoms with Gasteiger partial charge < -0.3 is 33.8 Å². The van der Waals surface area contributed by atoms with E-state index < -0.39 is 97.5 Å². The molecule has 0 saturated carbocycles. The van der Waals surface area contributed by atoms with Crippen LogP contribution in [0.4, 0.5) is 0 Å². The van der Waals surface area contributed by atoms with Gasteiger partial charge in [-0.2, -0.15) is 0 Å². The van der Waals surface area contributed by atoms with Crippen molar-refractivity contribution in [3.63, 3.8) is 0 Å². The molecule has 0 amide bonds. The van der Waals surface area contributed by atoms with Crippen LogP contribution in [0.2, 0.25) is 0 Å². The van der Waals surface area contributed by atoms with Gasteiger partial charge >= 0.3 is 39.5 Å². The minimum Gasteiger partial charge on any atom is -0.462 e. The van der Waals surface area contributed by atoms with Crippen LogP contribution in [0.25, 0.3) is 0 Å². The number of phosphoric ester groups is 2. The highest BCUT2D eigenvalue weighted by Crippen LogP contribution is 2.45. The maximum absolute atomic E-state index is 13.1. The number of unbranched alkanes of at least 4 members (excludes halogenated alkanes) is 52. The Morgan fingerprint density at radius 2 is 0.462 bits per heavy atom. The van der Waals surface area contributed by atoms with Gasteiger partial charge in [0.25, 0.3) is 0 Å². The van der Waals surface area contributed by atoms with Crippen molar-refractivity contribution in [2.24, 2.45) is 11.8 Å². The standard InChI is InChI=1S/C85H166O17P2/c1-7-11-13-15-17-19-20-21-22-23-24-25-26-27-31-34-37-40-43-50-56-62-68-83(88)96-74-81(101-84(89)69-63-57-51-44-41-38-35-32-29-28-30-33-36-39-42-47-53-59-65-77(5)9-3)76-100-104(93,94)98-72-79(86)71-97-103(91,92)99-75-80(73-95-82(87)67-61-55-49-18-16-14-12-8-2)102-85(90)70-64-58-52-46-45-48-54-60-66-78(6)10-4/h77-81,86H,7-76H2,1-6H3,(H,91,92)(H,93,94)/t77?,78?,79-,80+,81+/m0/s1. The molecule has 0 rings (SSSR count). The summed E-state index contributed by atoms with van der Waals surface area (Å²) in [4.78, 5) is 73.0. The molecule has 0 aliphatic carbocycles. The fourth-order valence-electron chi connectivity index (χ4n) is 13.2. The molecule has 19 heteroatoms. The molecular weight excluding hydrogens is 1350 g/mol. The molecule has 0 aromatic rings. The summed E-state index contributed by atoms with van der Waals surface area (Å²) in [5.41, 5.74) is 0. The van der Waals surface area contributed by atoms with E-state index in [1.807, 2.05) is 0 Å². The molecule has 0 aliphatic heterocycles. The Bertz CT molecular complexity index is 2000. The zero-order valence-corrected chi connectivity index (χ0v) is 70.1. The molecule has 0 spiro atoms. The smallest absolute Gasteiger partial charge is 0.462 e. The van der Waals surface area contributed by atoms with Crippen LogP contribution in [0.5, 0.6) is 0 Å². The van der Waals surface area contributed by atoms with Crippen molar-refractivity contribution >= 4 is 39.5 Å². The fourth-order valence-corrected chi connectivity index (χ4v) is 14.8. The summed E-state index contributed by atoms with van der Waals surface area (Å²) in [6, 6.07) is 0. The summed E-state index contributed by atoms with van der Waals surface area (Å²) in [5.74, 6) is -0.470. The number of carbonyl (C=O) groups excluding carboxylic acids is 4.